The van der Waals surface area contributed by atoms with Crippen molar-refractivity contribution in [3.63, 3.8) is 0 Å². The zero-order valence-corrected chi connectivity index (χ0v) is 20.0. The smallest absolute Gasteiger partial charge is 0.224 e. The number of hydrogen-bond donors (Lipinski definition) is 13. The Morgan fingerprint density at radius 2 is 1.42 bits per heavy atom. The topological polar surface area (TPSA) is 309 Å². The van der Waals surface area contributed by atoms with Crippen molar-refractivity contribution in [2.45, 2.75) is 98.0 Å². The second-order valence-electron chi connectivity index (χ2n) is 9.48. The second-order valence-corrected chi connectivity index (χ2v) is 9.48. The summed E-state index contributed by atoms with van der Waals surface area (Å²) in [6, 6.07) is -2.09. The molecule has 0 saturated carbocycles. The van der Waals surface area contributed by atoms with Crippen LogP contribution in [0.4, 0.5) is 0 Å². The minimum absolute atomic E-state index is 0.898. The van der Waals surface area contributed by atoms with Crippen molar-refractivity contribution in [1.82, 2.24) is 5.32 Å². The molecule has 0 bridgehead atoms. The van der Waals surface area contributed by atoms with E-state index in [1.807, 2.05) is 0 Å². The highest BCUT2D eigenvalue weighted by Crippen LogP contribution is 2.45. The first-order chi connectivity index (χ1) is 17.7. The van der Waals surface area contributed by atoms with Gasteiger partial charge in [-0.3, -0.25) is 4.79 Å². The summed E-state index contributed by atoms with van der Waals surface area (Å²) in [5, 5.41) is 126. The first kappa shape index (κ1) is 31.4. The summed E-state index contributed by atoms with van der Waals surface area (Å²) in [7, 11) is 0. The fourth-order valence-electron chi connectivity index (χ4n) is 4.94. The highest BCUT2D eigenvalue weighted by molar-refractivity contribution is 5.73. The van der Waals surface area contributed by atoms with E-state index in [0.29, 0.717) is 0 Å². The standard InChI is InChI=1S/C20H35NO17/c1-5(25)21-15-10(28)8(26)6(2-22)37-20(15,34)19(4-24)16(32)11(29)13(31)18(38-19)36-14-7(3-23)35-17(33)12(30)9(14)27/h6-18,22-24,26-34H,2-4H2,1H3,(H,21,25)/t6-,7-,8+,9-,10+,11-,12-,13-,14-,15-,16-,17-,18+,19-,20?/m1/s1. The first-order valence-corrected chi connectivity index (χ1v) is 11.6. The van der Waals surface area contributed by atoms with E-state index < -0.39 is 117 Å². The van der Waals surface area contributed by atoms with Crippen LogP contribution in [0.1, 0.15) is 6.92 Å². The maximum Gasteiger partial charge on any atom is 0.224 e. The van der Waals surface area contributed by atoms with Crippen molar-refractivity contribution in [1.29, 1.82) is 0 Å². The molecular formula is C20H35NO17. The highest BCUT2D eigenvalue weighted by atomic mass is 16.8. The minimum Gasteiger partial charge on any atom is -0.394 e. The van der Waals surface area contributed by atoms with Crippen molar-refractivity contribution >= 4 is 5.91 Å². The number of carbonyl (C=O) groups excluding carboxylic acids is 1. The van der Waals surface area contributed by atoms with E-state index in [4.69, 9.17) is 18.9 Å². The molecule has 18 heteroatoms. The average molecular weight is 561 g/mol. The van der Waals surface area contributed by atoms with Gasteiger partial charge in [-0.05, 0) is 0 Å². The van der Waals surface area contributed by atoms with E-state index in [1.165, 1.54) is 0 Å². The second kappa shape index (κ2) is 11.7. The first-order valence-electron chi connectivity index (χ1n) is 11.6. The molecule has 3 aliphatic rings. The molecule has 18 nitrogen and oxygen atoms in total. The molecule has 222 valence electrons. The van der Waals surface area contributed by atoms with E-state index >= 15 is 0 Å². The third-order valence-electron chi connectivity index (χ3n) is 7.09. The van der Waals surface area contributed by atoms with Crippen molar-refractivity contribution in [3.05, 3.63) is 0 Å². The number of ether oxygens (including phenoxy) is 4. The van der Waals surface area contributed by atoms with Crippen molar-refractivity contribution in [2.24, 2.45) is 0 Å². The molecule has 3 rings (SSSR count). The predicted octanol–water partition coefficient (Wildman–Crippen LogP) is -8.72. The molecule has 1 unspecified atom stereocenters. The normalized spacial score (nSPS) is 52.0. The van der Waals surface area contributed by atoms with Gasteiger partial charge in [0, 0.05) is 6.92 Å². The zero-order valence-electron chi connectivity index (χ0n) is 20.0. The SMILES string of the molecule is CC(=O)N[C@@H]1[C@@H](O)[C@@H](O)[C@@H](CO)OC1(O)[C@]1(CO)O[C@H](O[C@H]2[C@H](O)[C@@H](O)[C@H](O)O[C@@H]2CO)[C@H](O)[C@@H](O)[C@H]1O. The molecule has 3 saturated heterocycles. The van der Waals surface area contributed by atoms with Crippen molar-refractivity contribution in [2.75, 3.05) is 19.8 Å². The molecule has 0 aromatic heterocycles. The van der Waals surface area contributed by atoms with Crippen LogP contribution in [-0.4, -0.2) is 178 Å². The van der Waals surface area contributed by atoms with E-state index in [1.54, 1.807) is 0 Å². The number of aliphatic hydroxyl groups excluding tert-OH is 11. The Labute approximate surface area is 214 Å². The van der Waals surface area contributed by atoms with Gasteiger partial charge in [0.15, 0.2) is 18.2 Å². The Balaban J connectivity index is 2.06. The molecule has 38 heavy (non-hydrogen) atoms. The predicted molar refractivity (Wildman–Crippen MR) is 114 cm³/mol. The van der Waals surface area contributed by atoms with E-state index in [9.17, 15) is 66.1 Å². The molecule has 0 aliphatic carbocycles. The number of hydrogen-bond acceptors (Lipinski definition) is 17. The molecule has 0 aromatic rings. The lowest BCUT2D eigenvalue weighted by Crippen LogP contribution is -2.84. The van der Waals surface area contributed by atoms with Crippen molar-refractivity contribution in [3.8, 4) is 0 Å². The third-order valence-corrected chi connectivity index (χ3v) is 7.09. The van der Waals surface area contributed by atoms with Gasteiger partial charge in [-0.25, -0.2) is 0 Å². The molecule has 0 spiro atoms. The van der Waals surface area contributed by atoms with E-state index in [-0.39, 0.29) is 0 Å². The molecule has 0 aromatic carbocycles. The summed E-state index contributed by atoms with van der Waals surface area (Å²) in [6.45, 7) is -2.45. The average Bonchev–Trinajstić information content (AvgIpc) is 2.88. The lowest BCUT2D eigenvalue weighted by atomic mass is 9.73. The van der Waals surface area contributed by atoms with Crippen LogP contribution < -0.4 is 5.32 Å². The molecule has 3 aliphatic heterocycles. The Kier molecular flexibility index (Phi) is 9.69. The minimum atomic E-state index is -3.25. The summed E-state index contributed by atoms with van der Waals surface area (Å²) in [5.74, 6) is -4.16. The molecule has 15 atom stereocenters. The summed E-state index contributed by atoms with van der Waals surface area (Å²) in [4.78, 5) is 11.9. The fourth-order valence-corrected chi connectivity index (χ4v) is 4.94. The quantitative estimate of drug-likeness (QED) is 0.137. The maximum absolute atomic E-state index is 11.9. The Hall–Kier alpha value is -1.17. The van der Waals surface area contributed by atoms with Gasteiger partial charge < -0.3 is 85.5 Å². The van der Waals surface area contributed by atoms with Crippen LogP contribution in [0.3, 0.4) is 0 Å². The Morgan fingerprint density at radius 3 is 1.95 bits per heavy atom. The highest BCUT2D eigenvalue weighted by Gasteiger charge is 2.72. The molecular weight excluding hydrogens is 526 g/mol. The van der Waals surface area contributed by atoms with E-state index in [2.05, 4.69) is 5.32 Å². The summed E-state index contributed by atoms with van der Waals surface area (Å²) >= 11 is 0. The van der Waals surface area contributed by atoms with Gasteiger partial charge in [-0.15, -0.1) is 0 Å². The molecule has 3 heterocycles. The summed E-state index contributed by atoms with van der Waals surface area (Å²) < 4.78 is 21.2. The fraction of sp³-hybridized carbons (Fsp3) is 0.950. The zero-order chi connectivity index (χ0) is 28.7. The summed E-state index contributed by atoms with van der Waals surface area (Å²) in [6.07, 6.45) is -24.2. The summed E-state index contributed by atoms with van der Waals surface area (Å²) in [5.41, 5.74) is -3.01. The number of aliphatic hydroxyl groups is 12. The van der Waals surface area contributed by atoms with Gasteiger partial charge in [-0.1, -0.05) is 0 Å². The van der Waals surface area contributed by atoms with Gasteiger partial charge in [0.1, 0.15) is 67.1 Å². The third kappa shape index (κ3) is 5.05. The number of nitrogens with one attached hydrogen (secondary N) is 1. The number of rotatable bonds is 7. The lowest BCUT2D eigenvalue weighted by molar-refractivity contribution is -0.452. The largest absolute Gasteiger partial charge is 0.394 e. The molecule has 13 N–H and O–H groups in total. The van der Waals surface area contributed by atoms with E-state index in [0.717, 1.165) is 6.92 Å². The van der Waals surface area contributed by atoms with Crippen LogP contribution in [0, 0.1) is 0 Å². The van der Waals surface area contributed by atoms with Crippen molar-refractivity contribution < 1.29 is 85.0 Å². The van der Waals surface area contributed by atoms with Gasteiger partial charge in [0.2, 0.25) is 11.7 Å². The van der Waals surface area contributed by atoms with Crippen LogP contribution in [0.25, 0.3) is 0 Å². The van der Waals surface area contributed by atoms with Crippen LogP contribution in [0.5, 0.6) is 0 Å². The Morgan fingerprint density at radius 1 is 0.816 bits per heavy atom. The monoisotopic (exact) mass is 561 g/mol. The van der Waals surface area contributed by atoms with Crippen LogP contribution in [0.2, 0.25) is 0 Å². The molecule has 0 radical (unpaired) electrons. The maximum atomic E-state index is 11.9. The van der Waals surface area contributed by atoms with Gasteiger partial charge in [0.25, 0.3) is 0 Å². The Bertz CT molecular complexity index is 820. The van der Waals surface area contributed by atoms with Crippen LogP contribution in [0.15, 0.2) is 0 Å². The van der Waals surface area contributed by atoms with Gasteiger partial charge in [-0.2, -0.15) is 0 Å². The van der Waals surface area contributed by atoms with Gasteiger partial charge >= 0.3 is 0 Å². The number of amides is 1. The molecule has 3 fully saturated rings. The lowest BCUT2D eigenvalue weighted by Gasteiger charge is -2.59. The van der Waals surface area contributed by atoms with Crippen LogP contribution >= 0.6 is 0 Å². The molecule has 1 amide bonds. The number of carbonyl (C=O) groups is 1. The van der Waals surface area contributed by atoms with Crippen LogP contribution in [-0.2, 0) is 23.7 Å². The van der Waals surface area contributed by atoms with Gasteiger partial charge in [0.05, 0.1) is 19.8 Å².